The third-order valence-electron chi connectivity index (χ3n) is 4.58. The Morgan fingerprint density at radius 3 is 2.69 bits per heavy atom. The van der Waals surface area contributed by atoms with Gasteiger partial charge in [0.15, 0.2) is 0 Å². The fraction of sp³-hybridized carbons (Fsp3) is 0.647. The van der Waals surface area contributed by atoms with Crippen molar-refractivity contribution >= 4 is 21.4 Å². The maximum atomic E-state index is 12.3. The summed E-state index contributed by atoms with van der Waals surface area (Å²) in [5.41, 5.74) is 0.321. The first-order valence-electron chi connectivity index (χ1n) is 8.88. The van der Waals surface area contributed by atoms with Crippen molar-refractivity contribution in [2.24, 2.45) is 5.92 Å². The molecule has 1 aliphatic rings. The number of hydrogen-bond acceptors (Lipinski definition) is 6. The second kappa shape index (κ2) is 8.32. The molecule has 9 heteroatoms. The molecule has 1 aliphatic heterocycles. The fourth-order valence-corrected chi connectivity index (χ4v) is 4.50. The molecule has 1 heterocycles. The van der Waals surface area contributed by atoms with Crippen molar-refractivity contribution in [2.75, 3.05) is 38.1 Å². The molecule has 1 N–H and O–H groups in total. The van der Waals surface area contributed by atoms with Crippen LogP contribution in [-0.4, -0.2) is 57.5 Å². The van der Waals surface area contributed by atoms with Crippen LogP contribution in [0, 0.1) is 16.0 Å². The quantitative estimate of drug-likeness (QED) is 0.544. The van der Waals surface area contributed by atoms with E-state index in [1.165, 1.54) is 6.07 Å². The number of hydrogen-bond donors (Lipinski definition) is 1. The SMILES string of the molecule is CCN(C)CC1CCN(c2ccc(S(=O)(=O)NC(C)C)cc2[N+](=O)[O-])C1. The summed E-state index contributed by atoms with van der Waals surface area (Å²) in [6, 6.07) is 3.87. The Bertz CT molecular complexity index is 751. The molecule has 1 aromatic rings. The molecule has 2 rings (SSSR count). The van der Waals surface area contributed by atoms with Crippen molar-refractivity contribution < 1.29 is 13.3 Å². The van der Waals surface area contributed by atoms with Gasteiger partial charge in [-0.25, -0.2) is 13.1 Å². The van der Waals surface area contributed by atoms with Crippen molar-refractivity contribution in [3.63, 3.8) is 0 Å². The molecule has 146 valence electrons. The molecular formula is C17H28N4O4S. The number of sulfonamides is 1. The Morgan fingerprint density at radius 2 is 2.12 bits per heavy atom. The molecule has 1 atom stereocenters. The molecule has 0 bridgehead atoms. The lowest BCUT2D eigenvalue weighted by molar-refractivity contribution is -0.384. The third-order valence-corrected chi connectivity index (χ3v) is 6.24. The summed E-state index contributed by atoms with van der Waals surface area (Å²) in [6.07, 6.45) is 0.969. The molecule has 0 saturated carbocycles. The van der Waals surface area contributed by atoms with Crippen LogP contribution < -0.4 is 9.62 Å². The molecular weight excluding hydrogens is 356 g/mol. The zero-order valence-corrected chi connectivity index (χ0v) is 16.6. The molecule has 0 radical (unpaired) electrons. The van der Waals surface area contributed by atoms with Crippen molar-refractivity contribution in [3.8, 4) is 0 Å². The molecule has 0 aromatic heterocycles. The number of anilines is 1. The van der Waals surface area contributed by atoms with Crippen molar-refractivity contribution in [1.82, 2.24) is 9.62 Å². The van der Waals surface area contributed by atoms with Gasteiger partial charge in [-0.3, -0.25) is 10.1 Å². The average Bonchev–Trinajstić information content (AvgIpc) is 3.01. The van der Waals surface area contributed by atoms with Crippen molar-refractivity contribution in [1.29, 1.82) is 0 Å². The van der Waals surface area contributed by atoms with Gasteiger partial charge < -0.3 is 9.80 Å². The van der Waals surface area contributed by atoms with Gasteiger partial charge in [0.05, 0.1) is 9.82 Å². The average molecular weight is 385 g/mol. The molecule has 1 unspecified atom stereocenters. The summed E-state index contributed by atoms with van der Waals surface area (Å²) in [4.78, 5) is 15.2. The monoisotopic (exact) mass is 384 g/mol. The predicted octanol–water partition coefficient (Wildman–Crippen LogP) is 2.06. The van der Waals surface area contributed by atoms with E-state index in [-0.39, 0.29) is 16.6 Å². The van der Waals surface area contributed by atoms with Crippen LogP contribution in [0.3, 0.4) is 0 Å². The Labute approximate surface area is 155 Å². The minimum atomic E-state index is -3.77. The maximum Gasteiger partial charge on any atom is 0.293 e. The van der Waals surface area contributed by atoms with Gasteiger partial charge in [-0.15, -0.1) is 0 Å². The molecule has 1 aromatic carbocycles. The predicted molar refractivity (Wildman–Crippen MR) is 102 cm³/mol. The summed E-state index contributed by atoms with van der Waals surface area (Å²) in [7, 11) is -1.70. The van der Waals surface area contributed by atoms with Crippen LogP contribution in [0.15, 0.2) is 23.1 Å². The minimum absolute atomic E-state index is 0.0805. The van der Waals surface area contributed by atoms with Crippen molar-refractivity contribution in [2.45, 2.75) is 38.1 Å². The first kappa shape index (κ1) is 20.6. The van der Waals surface area contributed by atoms with E-state index in [0.717, 1.165) is 38.7 Å². The summed E-state index contributed by atoms with van der Waals surface area (Å²) in [5.74, 6) is 0.450. The molecule has 0 spiro atoms. The summed E-state index contributed by atoms with van der Waals surface area (Å²) in [5, 5.41) is 11.5. The summed E-state index contributed by atoms with van der Waals surface area (Å²) >= 11 is 0. The Hall–Kier alpha value is -1.71. The van der Waals surface area contributed by atoms with Crippen molar-refractivity contribution in [3.05, 3.63) is 28.3 Å². The Kier molecular flexibility index (Phi) is 6.59. The highest BCUT2D eigenvalue weighted by Crippen LogP contribution is 2.34. The zero-order valence-electron chi connectivity index (χ0n) is 15.8. The van der Waals surface area contributed by atoms with Crippen LogP contribution in [0.25, 0.3) is 0 Å². The molecule has 1 fully saturated rings. The van der Waals surface area contributed by atoms with Crippen LogP contribution in [0.4, 0.5) is 11.4 Å². The van der Waals surface area contributed by atoms with Gasteiger partial charge in [0.25, 0.3) is 5.69 Å². The second-order valence-electron chi connectivity index (χ2n) is 7.14. The third kappa shape index (κ3) is 4.93. The van der Waals surface area contributed by atoms with Gasteiger partial charge in [0.2, 0.25) is 10.0 Å². The van der Waals surface area contributed by atoms with Gasteiger partial charge in [-0.05, 0) is 51.9 Å². The highest BCUT2D eigenvalue weighted by atomic mass is 32.2. The number of nitro groups is 1. The van der Waals surface area contributed by atoms with Crippen LogP contribution in [-0.2, 0) is 10.0 Å². The van der Waals surface area contributed by atoms with Gasteiger partial charge in [0, 0.05) is 31.7 Å². The number of nitro benzene ring substituents is 1. The van der Waals surface area contributed by atoms with Gasteiger partial charge in [-0.2, -0.15) is 0 Å². The molecule has 26 heavy (non-hydrogen) atoms. The minimum Gasteiger partial charge on any atom is -0.366 e. The highest BCUT2D eigenvalue weighted by molar-refractivity contribution is 7.89. The maximum absolute atomic E-state index is 12.3. The van der Waals surface area contributed by atoms with Gasteiger partial charge in [0.1, 0.15) is 5.69 Å². The highest BCUT2D eigenvalue weighted by Gasteiger charge is 2.29. The molecule has 8 nitrogen and oxygen atoms in total. The number of nitrogens with one attached hydrogen (secondary N) is 1. The smallest absolute Gasteiger partial charge is 0.293 e. The van der Waals surface area contributed by atoms with E-state index in [1.54, 1.807) is 19.9 Å². The first-order valence-corrected chi connectivity index (χ1v) is 10.4. The topological polar surface area (TPSA) is 95.8 Å². The normalized spacial score (nSPS) is 18.1. The standard InChI is InChI=1S/C17H28N4O4S/c1-5-19(4)11-14-8-9-20(12-14)16-7-6-15(10-17(16)21(22)23)26(24,25)18-13(2)3/h6-7,10,13-14,18H,5,8-9,11-12H2,1-4H3. The molecule has 1 saturated heterocycles. The van der Waals surface area contributed by atoms with Gasteiger partial charge >= 0.3 is 0 Å². The van der Waals surface area contributed by atoms with E-state index in [4.69, 9.17) is 0 Å². The van der Waals surface area contributed by atoms with Gasteiger partial charge in [-0.1, -0.05) is 6.92 Å². The number of benzene rings is 1. The van der Waals surface area contributed by atoms with Crippen LogP contribution in [0.5, 0.6) is 0 Å². The summed E-state index contributed by atoms with van der Waals surface area (Å²) < 4.78 is 27.1. The fourth-order valence-electron chi connectivity index (χ4n) is 3.23. The lowest BCUT2D eigenvalue weighted by Gasteiger charge is -2.21. The van der Waals surface area contributed by atoms with E-state index in [1.807, 2.05) is 4.90 Å². The van der Waals surface area contributed by atoms with E-state index >= 15 is 0 Å². The van der Waals surface area contributed by atoms with Crippen LogP contribution >= 0.6 is 0 Å². The lowest BCUT2D eigenvalue weighted by atomic mass is 10.1. The largest absolute Gasteiger partial charge is 0.366 e. The second-order valence-corrected chi connectivity index (χ2v) is 8.85. The Balaban J connectivity index is 2.26. The first-order chi connectivity index (χ1) is 12.1. The van der Waals surface area contributed by atoms with E-state index in [9.17, 15) is 18.5 Å². The van der Waals surface area contributed by atoms with E-state index < -0.39 is 14.9 Å². The van der Waals surface area contributed by atoms with Crippen LogP contribution in [0.1, 0.15) is 27.2 Å². The summed E-state index contributed by atoms with van der Waals surface area (Å²) in [6.45, 7) is 8.90. The Morgan fingerprint density at radius 1 is 1.42 bits per heavy atom. The zero-order chi connectivity index (χ0) is 19.5. The number of nitrogens with zero attached hydrogens (tertiary/aromatic N) is 3. The van der Waals surface area contributed by atoms with E-state index in [0.29, 0.717) is 11.6 Å². The molecule has 0 aliphatic carbocycles. The number of rotatable bonds is 8. The van der Waals surface area contributed by atoms with Crippen LogP contribution in [0.2, 0.25) is 0 Å². The lowest BCUT2D eigenvalue weighted by Crippen LogP contribution is -2.30. The van der Waals surface area contributed by atoms with E-state index in [2.05, 4.69) is 23.6 Å². The molecule has 0 amide bonds.